The fraction of sp³-hybridized carbons (Fsp3) is 0.476. The van der Waals surface area contributed by atoms with Gasteiger partial charge >= 0.3 is 0 Å². The summed E-state index contributed by atoms with van der Waals surface area (Å²) in [4.78, 5) is 30.4. The van der Waals surface area contributed by atoms with Gasteiger partial charge in [0, 0.05) is 63.4 Å². The van der Waals surface area contributed by atoms with Gasteiger partial charge < -0.3 is 19.6 Å². The van der Waals surface area contributed by atoms with Crippen LogP contribution in [0, 0.1) is 0 Å². The molecule has 2 saturated heterocycles. The van der Waals surface area contributed by atoms with E-state index in [9.17, 15) is 4.79 Å². The number of piperazine rings is 2. The second kappa shape index (κ2) is 8.97. The Hall–Kier alpha value is -2.38. The van der Waals surface area contributed by atoms with Crippen molar-refractivity contribution in [1.82, 2.24) is 19.8 Å². The smallest absolute Gasteiger partial charge is 0.227 e. The van der Waals surface area contributed by atoms with Crippen molar-refractivity contribution in [2.45, 2.75) is 6.42 Å². The molecule has 1 aromatic heterocycles. The number of carbonyl (C=O) groups is 1. The summed E-state index contributed by atoms with van der Waals surface area (Å²) in [7, 11) is 2.15. The number of anilines is 2. The molecule has 2 aromatic rings. The molecular formula is C21H27ClN6O. The number of hydrogen-bond acceptors (Lipinski definition) is 6. The highest BCUT2D eigenvalue weighted by molar-refractivity contribution is 6.30. The first-order chi connectivity index (χ1) is 14.1. The van der Waals surface area contributed by atoms with Gasteiger partial charge in [-0.15, -0.1) is 0 Å². The maximum atomic E-state index is 12.6. The molecule has 0 spiro atoms. The van der Waals surface area contributed by atoms with Crippen molar-refractivity contribution in [2.24, 2.45) is 0 Å². The molecule has 2 aliphatic rings. The number of nitrogens with zero attached hydrogens (tertiary/aromatic N) is 6. The zero-order valence-corrected chi connectivity index (χ0v) is 17.6. The Morgan fingerprint density at radius 2 is 1.45 bits per heavy atom. The number of aromatic nitrogens is 2. The molecule has 154 valence electrons. The van der Waals surface area contributed by atoms with Crippen LogP contribution >= 0.6 is 11.6 Å². The van der Waals surface area contributed by atoms with Gasteiger partial charge in [-0.1, -0.05) is 23.7 Å². The Morgan fingerprint density at radius 3 is 2.03 bits per heavy atom. The third-order valence-corrected chi connectivity index (χ3v) is 5.94. The molecule has 0 bridgehead atoms. The van der Waals surface area contributed by atoms with Crippen molar-refractivity contribution in [3.8, 4) is 0 Å². The standard InChI is InChI=1S/C21H27ClN6O/c1-25-6-8-26(9-7-25)19-15-20(24-16-23-19)27-10-12-28(13-11-27)21(29)14-17-2-4-18(22)5-3-17/h2-5,15-16H,6-14H2,1H3. The van der Waals surface area contributed by atoms with Gasteiger partial charge in [0.2, 0.25) is 5.91 Å². The average Bonchev–Trinajstić information content (AvgIpc) is 2.76. The van der Waals surface area contributed by atoms with Crippen LogP contribution in [0.1, 0.15) is 5.56 Å². The number of carbonyl (C=O) groups excluding carboxylic acids is 1. The Labute approximate surface area is 176 Å². The lowest BCUT2D eigenvalue weighted by molar-refractivity contribution is -0.130. The van der Waals surface area contributed by atoms with Crippen LogP contribution in [0.4, 0.5) is 11.6 Å². The Balaban J connectivity index is 1.33. The monoisotopic (exact) mass is 414 g/mol. The Bertz CT molecular complexity index is 829. The molecule has 0 radical (unpaired) electrons. The number of hydrogen-bond donors (Lipinski definition) is 0. The van der Waals surface area contributed by atoms with Crippen molar-refractivity contribution >= 4 is 29.1 Å². The minimum atomic E-state index is 0.160. The predicted molar refractivity (Wildman–Crippen MR) is 116 cm³/mol. The predicted octanol–water partition coefficient (Wildman–Crippen LogP) is 1.77. The van der Waals surface area contributed by atoms with Crippen LogP contribution < -0.4 is 9.80 Å². The molecule has 29 heavy (non-hydrogen) atoms. The van der Waals surface area contributed by atoms with Gasteiger partial charge in [-0.3, -0.25) is 4.79 Å². The minimum absolute atomic E-state index is 0.160. The maximum Gasteiger partial charge on any atom is 0.227 e. The van der Waals surface area contributed by atoms with E-state index in [1.54, 1.807) is 6.33 Å². The van der Waals surface area contributed by atoms with Gasteiger partial charge in [-0.25, -0.2) is 9.97 Å². The van der Waals surface area contributed by atoms with E-state index in [0.29, 0.717) is 24.5 Å². The fourth-order valence-corrected chi connectivity index (χ4v) is 3.92. The summed E-state index contributed by atoms with van der Waals surface area (Å²) in [6, 6.07) is 9.56. The molecule has 7 nitrogen and oxygen atoms in total. The topological polar surface area (TPSA) is 55.8 Å². The van der Waals surface area contributed by atoms with Crippen LogP contribution in [-0.4, -0.2) is 85.1 Å². The Kier molecular flexibility index (Phi) is 6.16. The molecule has 0 saturated carbocycles. The van der Waals surface area contributed by atoms with E-state index < -0.39 is 0 Å². The van der Waals surface area contributed by atoms with Crippen LogP contribution in [0.25, 0.3) is 0 Å². The van der Waals surface area contributed by atoms with Crippen molar-refractivity contribution < 1.29 is 4.79 Å². The molecule has 0 unspecified atom stereocenters. The van der Waals surface area contributed by atoms with Crippen molar-refractivity contribution in [3.05, 3.63) is 47.2 Å². The number of likely N-dealkylation sites (N-methyl/N-ethyl adjacent to an activating group) is 1. The summed E-state index contributed by atoms with van der Waals surface area (Å²) in [5.41, 5.74) is 0.995. The van der Waals surface area contributed by atoms with Crippen molar-refractivity contribution in [3.63, 3.8) is 0 Å². The van der Waals surface area contributed by atoms with Crippen LogP contribution in [0.5, 0.6) is 0 Å². The number of amides is 1. The highest BCUT2D eigenvalue weighted by atomic mass is 35.5. The van der Waals surface area contributed by atoms with Gasteiger partial charge in [-0.2, -0.15) is 0 Å². The Morgan fingerprint density at radius 1 is 0.897 bits per heavy atom. The van der Waals surface area contributed by atoms with E-state index in [1.165, 1.54) is 0 Å². The van der Waals surface area contributed by atoms with Crippen LogP contribution in [0.3, 0.4) is 0 Å². The second-order valence-corrected chi connectivity index (χ2v) is 8.13. The minimum Gasteiger partial charge on any atom is -0.354 e. The summed E-state index contributed by atoms with van der Waals surface area (Å²) in [6.07, 6.45) is 2.07. The molecule has 3 heterocycles. The SMILES string of the molecule is CN1CCN(c2cc(N3CCN(C(=O)Cc4ccc(Cl)cc4)CC3)ncn2)CC1. The summed E-state index contributed by atoms with van der Waals surface area (Å²) in [6.45, 7) is 7.05. The summed E-state index contributed by atoms with van der Waals surface area (Å²) < 4.78 is 0. The second-order valence-electron chi connectivity index (χ2n) is 7.70. The molecule has 1 amide bonds. The van der Waals surface area contributed by atoms with E-state index in [4.69, 9.17) is 11.6 Å². The molecule has 1 aromatic carbocycles. The lowest BCUT2D eigenvalue weighted by atomic mass is 10.1. The van der Waals surface area contributed by atoms with Crippen LogP contribution in [-0.2, 0) is 11.2 Å². The zero-order valence-electron chi connectivity index (χ0n) is 16.8. The average molecular weight is 415 g/mol. The zero-order chi connectivity index (χ0) is 20.2. The highest BCUT2D eigenvalue weighted by Crippen LogP contribution is 2.20. The molecule has 0 atom stereocenters. The van der Waals surface area contributed by atoms with E-state index in [2.05, 4.69) is 37.8 Å². The third-order valence-electron chi connectivity index (χ3n) is 5.69. The lowest BCUT2D eigenvalue weighted by Gasteiger charge is -2.36. The first-order valence-corrected chi connectivity index (χ1v) is 10.5. The van der Waals surface area contributed by atoms with Crippen LogP contribution in [0.2, 0.25) is 5.02 Å². The molecule has 0 N–H and O–H groups in total. The maximum absolute atomic E-state index is 12.6. The third kappa shape index (κ3) is 4.97. The van der Waals surface area contributed by atoms with E-state index in [1.807, 2.05) is 29.2 Å². The summed E-state index contributed by atoms with van der Waals surface area (Å²) >= 11 is 5.92. The van der Waals surface area contributed by atoms with E-state index in [0.717, 1.165) is 56.5 Å². The molecule has 4 rings (SSSR count). The first-order valence-electron chi connectivity index (χ1n) is 10.1. The van der Waals surface area contributed by atoms with Gasteiger partial charge in [0.25, 0.3) is 0 Å². The molecule has 2 aliphatic heterocycles. The molecule has 2 fully saturated rings. The van der Waals surface area contributed by atoms with Crippen molar-refractivity contribution in [1.29, 1.82) is 0 Å². The first kappa shape index (κ1) is 19.9. The largest absolute Gasteiger partial charge is 0.354 e. The van der Waals surface area contributed by atoms with E-state index >= 15 is 0 Å². The van der Waals surface area contributed by atoms with Gasteiger partial charge in [-0.05, 0) is 24.7 Å². The number of halogens is 1. The summed E-state index contributed by atoms with van der Waals surface area (Å²) in [5.74, 6) is 2.09. The van der Waals surface area contributed by atoms with Crippen molar-refractivity contribution in [2.75, 3.05) is 69.2 Å². The van der Waals surface area contributed by atoms with Gasteiger partial charge in [0.1, 0.15) is 18.0 Å². The van der Waals surface area contributed by atoms with Crippen LogP contribution in [0.15, 0.2) is 36.7 Å². The van der Waals surface area contributed by atoms with Gasteiger partial charge in [0.15, 0.2) is 0 Å². The molecule has 0 aliphatic carbocycles. The molecular weight excluding hydrogens is 388 g/mol. The summed E-state index contributed by atoms with van der Waals surface area (Å²) in [5, 5.41) is 0.690. The van der Waals surface area contributed by atoms with Gasteiger partial charge in [0.05, 0.1) is 6.42 Å². The number of benzene rings is 1. The number of rotatable bonds is 4. The molecule has 8 heteroatoms. The normalized spacial score (nSPS) is 18.2. The van der Waals surface area contributed by atoms with E-state index in [-0.39, 0.29) is 5.91 Å². The highest BCUT2D eigenvalue weighted by Gasteiger charge is 2.23. The fourth-order valence-electron chi connectivity index (χ4n) is 3.79. The lowest BCUT2D eigenvalue weighted by Crippen LogP contribution is -2.49. The quantitative estimate of drug-likeness (QED) is 0.760.